The van der Waals surface area contributed by atoms with Gasteiger partial charge in [0.15, 0.2) is 0 Å². The highest BCUT2D eigenvalue weighted by Crippen LogP contribution is 2.31. The Kier molecular flexibility index (Phi) is 4.62. The van der Waals surface area contributed by atoms with Crippen molar-refractivity contribution in [2.24, 2.45) is 0 Å². The molecule has 0 saturated heterocycles. The molecule has 3 rings (SSSR count). The number of amides is 1. The summed E-state index contributed by atoms with van der Waals surface area (Å²) < 4.78 is 5.26. The van der Waals surface area contributed by atoms with Crippen LogP contribution < -0.4 is 0 Å². The van der Waals surface area contributed by atoms with E-state index in [1.165, 1.54) is 0 Å². The highest BCUT2D eigenvalue weighted by molar-refractivity contribution is 6.33. The molecule has 0 aliphatic rings. The van der Waals surface area contributed by atoms with Gasteiger partial charge in [-0.3, -0.25) is 9.78 Å². The van der Waals surface area contributed by atoms with Crippen molar-refractivity contribution in [2.75, 3.05) is 7.05 Å². The van der Waals surface area contributed by atoms with E-state index in [2.05, 4.69) is 10.1 Å². The number of pyridine rings is 1. The van der Waals surface area contributed by atoms with Gasteiger partial charge >= 0.3 is 0 Å². The molecule has 2 heterocycles. The van der Waals surface area contributed by atoms with Crippen molar-refractivity contribution in [1.82, 2.24) is 15.0 Å². The highest BCUT2D eigenvalue weighted by Gasteiger charge is 2.25. The summed E-state index contributed by atoms with van der Waals surface area (Å²) in [6, 6.07) is 11.0. The Morgan fingerprint density at radius 2 is 1.92 bits per heavy atom. The molecule has 0 spiro atoms. The van der Waals surface area contributed by atoms with Crippen molar-refractivity contribution in [1.29, 1.82) is 0 Å². The molecule has 1 aromatic carbocycles. The Labute approximate surface area is 144 Å². The molecule has 0 bridgehead atoms. The van der Waals surface area contributed by atoms with E-state index in [1.807, 2.05) is 30.3 Å². The number of aromatic nitrogens is 2. The lowest BCUT2D eigenvalue weighted by molar-refractivity contribution is 0.0784. The lowest BCUT2D eigenvalue weighted by atomic mass is 10.0. The van der Waals surface area contributed by atoms with E-state index in [0.717, 1.165) is 5.56 Å². The van der Waals surface area contributed by atoms with Gasteiger partial charge in [-0.2, -0.15) is 0 Å². The third-order valence-corrected chi connectivity index (χ3v) is 4.05. The van der Waals surface area contributed by atoms with Crippen molar-refractivity contribution in [3.05, 3.63) is 70.7 Å². The van der Waals surface area contributed by atoms with Crippen molar-refractivity contribution < 1.29 is 9.32 Å². The van der Waals surface area contributed by atoms with E-state index in [-0.39, 0.29) is 5.91 Å². The van der Waals surface area contributed by atoms with Crippen LogP contribution in [0.15, 0.2) is 53.3 Å². The summed E-state index contributed by atoms with van der Waals surface area (Å²) >= 11 is 6.24. The van der Waals surface area contributed by atoms with Crippen LogP contribution in [0.2, 0.25) is 5.02 Å². The van der Waals surface area contributed by atoms with Gasteiger partial charge in [0.05, 0.1) is 5.02 Å². The summed E-state index contributed by atoms with van der Waals surface area (Å²) in [5.74, 6) is 0.303. The summed E-state index contributed by atoms with van der Waals surface area (Å²) in [4.78, 5) is 18.5. The molecule has 5 nitrogen and oxygen atoms in total. The fraction of sp³-hybridized carbons (Fsp3) is 0.167. The van der Waals surface area contributed by atoms with Gasteiger partial charge < -0.3 is 9.42 Å². The summed E-state index contributed by atoms with van der Waals surface area (Å²) in [5.41, 5.74) is 2.57. The van der Waals surface area contributed by atoms with Crippen LogP contribution in [-0.2, 0) is 6.54 Å². The van der Waals surface area contributed by atoms with Crippen molar-refractivity contribution in [2.45, 2.75) is 13.5 Å². The Balaban J connectivity index is 1.93. The zero-order valence-corrected chi connectivity index (χ0v) is 14.1. The molecule has 6 heteroatoms. The van der Waals surface area contributed by atoms with E-state index in [9.17, 15) is 4.79 Å². The first kappa shape index (κ1) is 16.2. The van der Waals surface area contributed by atoms with Crippen molar-refractivity contribution in [3.63, 3.8) is 0 Å². The largest absolute Gasteiger partial charge is 0.360 e. The van der Waals surface area contributed by atoms with E-state index in [4.69, 9.17) is 16.1 Å². The minimum atomic E-state index is -0.166. The van der Waals surface area contributed by atoms with Crippen LogP contribution in [0.3, 0.4) is 0 Å². The fourth-order valence-electron chi connectivity index (χ4n) is 2.49. The third kappa shape index (κ3) is 3.16. The Morgan fingerprint density at radius 1 is 1.21 bits per heavy atom. The number of hydrogen-bond acceptors (Lipinski definition) is 4. The second-order valence-electron chi connectivity index (χ2n) is 5.46. The smallest absolute Gasteiger partial charge is 0.259 e. The number of halogens is 1. The molecule has 24 heavy (non-hydrogen) atoms. The molecule has 0 radical (unpaired) electrons. The molecule has 0 N–H and O–H groups in total. The molecule has 0 atom stereocenters. The summed E-state index contributed by atoms with van der Waals surface area (Å²) in [6.07, 6.45) is 3.40. The SMILES string of the molecule is Cc1onc(-c2ccccc2Cl)c1C(=O)N(C)Cc1ccncc1. The number of nitrogens with zero attached hydrogens (tertiary/aromatic N) is 3. The van der Waals surface area contributed by atoms with Gasteiger partial charge in [0, 0.05) is 31.5 Å². The molecular weight excluding hydrogens is 326 g/mol. The second-order valence-corrected chi connectivity index (χ2v) is 5.87. The average Bonchev–Trinajstić information content (AvgIpc) is 2.97. The molecule has 2 aromatic heterocycles. The van der Waals surface area contributed by atoms with E-state index in [1.54, 1.807) is 37.3 Å². The highest BCUT2D eigenvalue weighted by atomic mass is 35.5. The summed E-state index contributed by atoms with van der Waals surface area (Å²) in [6.45, 7) is 2.19. The van der Waals surface area contributed by atoms with Gasteiger partial charge in [0.25, 0.3) is 5.91 Å². The Hall–Kier alpha value is -2.66. The first-order chi connectivity index (χ1) is 11.6. The van der Waals surface area contributed by atoms with Crippen LogP contribution in [0.5, 0.6) is 0 Å². The standard InChI is InChI=1S/C18H16ClN3O2/c1-12-16(17(21-24-12)14-5-3-4-6-15(14)19)18(23)22(2)11-13-7-9-20-10-8-13/h3-10H,11H2,1-2H3. The maximum Gasteiger partial charge on any atom is 0.259 e. The number of carbonyl (C=O) groups is 1. The van der Waals surface area contributed by atoms with Crippen LogP contribution in [-0.4, -0.2) is 28.0 Å². The van der Waals surface area contributed by atoms with E-state index in [0.29, 0.717) is 34.1 Å². The van der Waals surface area contributed by atoms with Crippen LogP contribution in [0, 0.1) is 6.92 Å². The molecule has 0 aliphatic carbocycles. The lowest BCUT2D eigenvalue weighted by Crippen LogP contribution is -2.27. The number of hydrogen-bond donors (Lipinski definition) is 0. The molecule has 3 aromatic rings. The first-order valence-electron chi connectivity index (χ1n) is 7.43. The van der Waals surface area contributed by atoms with Crippen LogP contribution in [0.25, 0.3) is 11.3 Å². The number of aryl methyl sites for hydroxylation is 1. The zero-order chi connectivity index (χ0) is 17.1. The maximum atomic E-state index is 12.9. The molecule has 0 saturated carbocycles. The molecule has 0 aliphatic heterocycles. The Bertz CT molecular complexity index is 862. The quantitative estimate of drug-likeness (QED) is 0.720. The van der Waals surface area contributed by atoms with Crippen molar-refractivity contribution >= 4 is 17.5 Å². The molecule has 0 fully saturated rings. The summed E-state index contributed by atoms with van der Waals surface area (Å²) in [5, 5.41) is 4.57. The molecule has 1 amide bonds. The van der Waals surface area contributed by atoms with Gasteiger partial charge in [0.1, 0.15) is 17.0 Å². The summed E-state index contributed by atoms with van der Waals surface area (Å²) in [7, 11) is 1.74. The Morgan fingerprint density at radius 3 is 2.62 bits per heavy atom. The van der Waals surface area contributed by atoms with Crippen LogP contribution >= 0.6 is 11.6 Å². The van der Waals surface area contributed by atoms with Crippen LogP contribution in [0.4, 0.5) is 0 Å². The van der Waals surface area contributed by atoms with Gasteiger partial charge in [-0.25, -0.2) is 0 Å². The van der Waals surface area contributed by atoms with Gasteiger partial charge in [-0.15, -0.1) is 0 Å². The number of rotatable bonds is 4. The second kappa shape index (κ2) is 6.84. The number of benzene rings is 1. The predicted octanol–water partition coefficient (Wildman–Crippen LogP) is 3.97. The normalized spacial score (nSPS) is 10.6. The number of carbonyl (C=O) groups excluding carboxylic acids is 1. The van der Waals surface area contributed by atoms with Crippen molar-refractivity contribution in [3.8, 4) is 11.3 Å². The first-order valence-corrected chi connectivity index (χ1v) is 7.81. The third-order valence-electron chi connectivity index (χ3n) is 3.72. The van der Waals surface area contributed by atoms with Crippen LogP contribution in [0.1, 0.15) is 21.7 Å². The maximum absolute atomic E-state index is 12.9. The minimum absolute atomic E-state index is 0.166. The topological polar surface area (TPSA) is 59.2 Å². The fourth-order valence-corrected chi connectivity index (χ4v) is 2.71. The monoisotopic (exact) mass is 341 g/mol. The predicted molar refractivity (Wildman–Crippen MR) is 91.7 cm³/mol. The lowest BCUT2D eigenvalue weighted by Gasteiger charge is -2.17. The van der Waals surface area contributed by atoms with E-state index < -0.39 is 0 Å². The van der Waals surface area contributed by atoms with Gasteiger partial charge in [-0.1, -0.05) is 35.0 Å². The zero-order valence-electron chi connectivity index (χ0n) is 13.4. The van der Waals surface area contributed by atoms with Gasteiger partial charge in [0.2, 0.25) is 0 Å². The minimum Gasteiger partial charge on any atom is -0.360 e. The molecular formula is C18H16ClN3O2. The average molecular weight is 342 g/mol. The van der Waals surface area contributed by atoms with E-state index >= 15 is 0 Å². The molecule has 122 valence electrons. The molecule has 0 unspecified atom stereocenters. The van der Waals surface area contributed by atoms with Gasteiger partial charge in [-0.05, 0) is 30.7 Å².